The predicted molar refractivity (Wildman–Crippen MR) is 112 cm³/mol. The van der Waals surface area contributed by atoms with E-state index in [1.165, 1.54) is 0 Å². The molecule has 0 saturated carbocycles. The Morgan fingerprint density at radius 2 is 1.83 bits per heavy atom. The van der Waals surface area contributed by atoms with Gasteiger partial charge >= 0.3 is 0 Å². The minimum Gasteiger partial charge on any atom is -0.497 e. The van der Waals surface area contributed by atoms with Gasteiger partial charge in [0.05, 0.1) is 7.11 Å². The lowest BCUT2D eigenvalue weighted by molar-refractivity contribution is -0.165. The van der Waals surface area contributed by atoms with Crippen LogP contribution in [0.2, 0.25) is 0 Å². The highest BCUT2D eigenvalue weighted by Gasteiger charge is 2.51. The van der Waals surface area contributed by atoms with Gasteiger partial charge in [0.25, 0.3) is 5.91 Å². The molecule has 1 aromatic heterocycles. The molecule has 3 heterocycles. The number of carbonyl (C=O) groups is 1. The molecule has 0 spiro atoms. The first kappa shape index (κ1) is 18.8. The van der Waals surface area contributed by atoms with E-state index in [9.17, 15) is 4.79 Å². The molecule has 0 N–H and O–H groups in total. The number of benzene rings is 2. The molecular weight excluding hydrogens is 402 g/mol. The normalized spacial score (nSPS) is 19.5. The van der Waals surface area contributed by atoms with Crippen LogP contribution in [0.4, 0.5) is 0 Å². The van der Waals surface area contributed by atoms with Gasteiger partial charge in [-0.05, 0) is 65.9 Å². The first-order chi connectivity index (χ1) is 14.6. The SMILES string of the molecule is COc1ccc(O[C@@H]2C(=O)N(Cc3ccc4c(c3)OCO4)[C@H]2c2sccc2C)cc1. The summed E-state index contributed by atoms with van der Waals surface area (Å²) in [4.78, 5) is 16.1. The third kappa shape index (κ3) is 3.25. The molecule has 0 radical (unpaired) electrons. The van der Waals surface area contributed by atoms with E-state index in [0.717, 1.165) is 33.3 Å². The van der Waals surface area contributed by atoms with Gasteiger partial charge in [-0.3, -0.25) is 4.79 Å². The molecule has 30 heavy (non-hydrogen) atoms. The van der Waals surface area contributed by atoms with Crippen molar-refractivity contribution in [1.29, 1.82) is 0 Å². The molecule has 0 unspecified atom stereocenters. The third-order valence-corrected chi connectivity index (χ3v) is 6.52. The molecule has 7 heteroatoms. The fourth-order valence-corrected chi connectivity index (χ4v) is 4.87. The van der Waals surface area contributed by atoms with Crippen molar-refractivity contribution in [2.75, 3.05) is 13.9 Å². The van der Waals surface area contributed by atoms with E-state index < -0.39 is 6.10 Å². The Bertz CT molecular complexity index is 1080. The number of hydrogen-bond acceptors (Lipinski definition) is 6. The van der Waals surface area contributed by atoms with Crippen LogP contribution in [0.15, 0.2) is 53.9 Å². The van der Waals surface area contributed by atoms with Gasteiger partial charge in [-0.1, -0.05) is 6.07 Å². The van der Waals surface area contributed by atoms with E-state index in [-0.39, 0.29) is 18.7 Å². The molecule has 2 aromatic carbocycles. The van der Waals surface area contributed by atoms with Gasteiger partial charge in [-0.25, -0.2) is 0 Å². The summed E-state index contributed by atoms with van der Waals surface area (Å²) < 4.78 is 22.2. The van der Waals surface area contributed by atoms with Crippen molar-refractivity contribution in [2.24, 2.45) is 0 Å². The molecule has 1 amide bonds. The van der Waals surface area contributed by atoms with Crippen molar-refractivity contribution in [3.05, 3.63) is 69.9 Å². The first-order valence-electron chi connectivity index (χ1n) is 9.68. The second-order valence-electron chi connectivity index (χ2n) is 7.28. The number of hydrogen-bond donors (Lipinski definition) is 0. The Balaban J connectivity index is 1.39. The topological polar surface area (TPSA) is 57.2 Å². The average Bonchev–Trinajstić information content (AvgIpc) is 3.41. The quantitative estimate of drug-likeness (QED) is 0.553. The van der Waals surface area contributed by atoms with Crippen molar-refractivity contribution in [1.82, 2.24) is 4.90 Å². The number of β-lactam (4-membered cyclic amide) rings is 1. The Morgan fingerprint density at radius 1 is 1.07 bits per heavy atom. The van der Waals surface area contributed by atoms with E-state index in [0.29, 0.717) is 12.3 Å². The highest BCUT2D eigenvalue weighted by Crippen LogP contribution is 2.43. The lowest BCUT2D eigenvalue weighted by Crippen LogP contribution is -2.60. The van der Waals surface area contributed by atoms with Crippen LogP contribution in [0.1, 0.15) is 22.0 Å². The fraction of sp³-hybridized carbons (Fsp3) is 0.261. The number of amides is 1. The monoisotopic (exact) mass is 423 g/mol. The summed E-state index contributed by atoms with van der Waals surface area (Å²) in [6, 6.07) is 15.0. The summed E-state index contributed by atoms with van der Waals surface area (Å²) >= 11 is 1.65. The molecular formula is C23H21NO5S. The van der Waals surface area contributed by atoms with Crippen LogP contribution >= 0.6 is 11.3 Å². The summed E-state index contributed by atoms with van der Waals surface area (Å²) in [5.41, 5.74) is 2.16. The van der Waals surface area contributed by atoms with Crippen molar-refractivity contribution < 1.29 is 23.7 Å². The number of carbonyl (C=O) groups excluding carboxylic acids is 1. The van der Waals surface area contributed by atoms with E-state index in [1.807, 2.05) is 47.4 Å². The number of thiophene rings is 1. The number of nitrogens with zero attached hydrogens (tertiary/aromatic N) is 1. The van der Waals surface area contributed by atoms with Gasteiger partial charge in [-0.2, -0.15) is 0 Å². The third-order valence-electron chi connectivity index (χ3n) is 5.43. The Hall–Kier alpha value is -3.19. The summed E-state index contributed by atoms with van der Waals surface area (Å²) in [5.74, 6) is 2.82. The van der Waals surface area contributed by atoms with Gasteiger partial charge in [0.2, 0.25) is 12.9 Å². The number of likely N-dealkylation sites (tertiary alicyclic amines) is 1. The van der Waals surface area contributed by atoms with Crippen LogP contribution in [0.25, 0.3) is 0 Å². The van der Waals surface area contributed by atoms with E-state index in [4.69, 9.17) is 18.9 Å². The molecule has 2 aliphatic rings. The smallest absolute Gasteiger partial charge is 0.267 e. The van der Waals surface area contributed by atoms with Crippen LogP contribution in [-0.4, -0.2) is 30.8 Å². The number of fused-ring (bicyclic) bond motifs is 1. The molecule has 0 bridgehead atoms. The van der Waals surface area contributed by atoms with Crippen molar-refractivity contribution in [3.8, 4) is 23.0 Å². The van der Waals surface area contributed by atoms with Gasteiger partial charge in [-0.15, -0.1) is 11.3 Å². The second kappa shape index (κ2) is 7.57. The van der Waals surface area contributed by atoms with E-state index >= 15 is 0 Å². The number of ether oxygens (including phenoxy) is 4. The molecule has 3 aromatic rings. The minimum atomic E-state index is -0.551. The average molecular weight is 423 g/mol. The van der Waals surface area contributed by atoms with Crippen LogP contribution in [0.3, 0.4) is 0 Å². The Kier molecular flexibility index (Phi) is 4.75. The zero-order chi connectivity index (χ0) is 20.7. The van der Waals surface area contributed by atoms with Crippen molar-refractivity contribution in [3.63, 3.8) is 0 Å². The zero-order valence-corrected chi connectivity index (χ0v) is 17.5. The maximum Gasteiger partial charge on any atom is 0.267 e. The molecule has 6 nitrogen and oxygen atoms in total. The summed E-state index contributed by atoms with van der Waals surface area (Å²) in [5, 5.41) is 2.05. The van der Waals surface area contributed by atoms with Crippen LogP contribution < -0.4 is 18.9 Å². The maximum absolute atomic E-state index is 13.1. The van der Waals surface area contributed by atoms with Gasteiger partial charge in [0.1, 0.15) is 17.5 Å². The summed E-state index contributed by atoms with van der Waals surface area (Å²) in [7, 11) is 1.62. The van der Waals surface area contributed by atoms with Crippen LogP contribution in [-0.2, 0) is 11.3 Å². The molecule has 5 rings (SSSR count). The Labute approximate surface area is 178 Å². The van der Waals surface area contributed by atoms with E-state index in [2.05, 4.69) is 18.4 Å². The van der Waals surface area contributed by atoms with E-state index in [1.54, 1.807) is 18.4 Å². The zero-order valence-electron chi connectivity index (χ0n) is 16.7. The van der Waals surface area contributed by atoms with Crippen LogP contribution in [0, 0.1) is 6.92 Å². The van der Waals surface area contributed by atoms with Gasteiger partial charge < -0.3 is 23.8 Å². The van der Waals surface area contributed by atoms with Crippen molar-refractivity contribution >= 4 is 17.2 Å². The molecule has 0 aliphatic carbocycles. The van der Waals surface area contributed by atoms with Crippen LogP contribution in [0.5, 0.6) is 23.0 Å². The maximum atomic E-state index is 13.1. The molecule has 1 saturated heterocycles. The predicted octanol–water partition coefficient (Wildman–Crippen LogP) is 4.32. The summed E-state index contributed by atoms with van der Waals surface area (Å²) in [6.07, 6.45) is -0.551. The lowest BCUT2D eigenvalue weighted by atomic mass is 9.93. The highest BCUT2D eigenvalue weighted by atomic mass is 32.1. The highest BCUT2D eigenvalue weighted by molar-refractivity contribution is 7.10. The molecule has 1 fully saturated rings. The number of aryl methyl sites for hydroxylation is 1. The fourth-order valence-electron chi connectivity index (χ4n) is 3.81. The van der Waals surface area contributed by atoms with Gasteiger partial charge in [0.15, 0.2) is 11.5 Å². The lowest BCUT2D eigenvalue weighted by Gasteiger charge is -2.46. The first-order valence-corrected chi connectivity index (χ1v) is 10.6. The minimum absolute atomic E-state index is 0.0266. The standard InChI is InChI=1S/C23H21NO5S/c1-14-9-10-30-22(14)20-21(29-17-6-4-16(26-2)5-7-17)23(25)24(20)12-15-3-8-18-19(11-15)28-13-27-18/h3-11,20-21H,12-13H2,1-2H3/t20-,21+/m1/s1. The molecule has 154 valence electrons. The second-order valence-corrected chi connectivity index (χ2v) is 8.23. The number of rotatable bonds is 6. The molecule has 2 aliphatic heterocycles. The van der Waals surface area contributed by atoms with Crippen molar-refractivity contribution in [2.45, 2.75) is 25.6 Å². The number of methoxy groups -OCH3 is 1. The largest absolute Gasteiger partial charge is 0.497 e. The molecule has 2 atom stereocenters. The summed E-state index contributed by atoms with van der Waals surface area (Å²) in [6.45, 7) is 2.79. The van der Waals surface area contributed by atoms with Gasteiger partial charge in [0, 0.05) is 11.4 Å². The Morgan fingerprint density at radius 3 is 2.57 bits per heavy atom.